The first-order valence-corrected chi connectivity index (χ1v) is 8.74. The molecule has 0 radical (unpaired) electrons. The summed E-state index contributed by atoms with van der Waals surface area (Å²) in [4.78, 5) is 2.63. The molecule has 1 aliphatic heterocycles. The molecule has 120 valence electrons. The van der Waals surface area contributed by atoms with Crippen LogP contribution in [-0.4, -0.2) is 39.4 Å². The van der Waals surface area contributed by atoms with Gasteiger partial charge in [0, 0.05) is 38.3 Å². The van der Waals surface area contributed by atoms with Gasteiger partial charge in [-0.3, -0.25) is 9.58 Å². The third-order valence-corrected chi connectivity index (χ3v) is 6.13. The maximum absolute atomic E-state index is 4.53. The van der Waals surface area contributed by atoms with Crippen LogP contribution in [0.3, 0.4) is 0 Å². The molecule has 2 atom stereocenters. The molecule has 0 aromatic carbocycles. The molecule has 0 aliphatic carbocycles. The van der Waals surface area contributed by atoms with Crippen LogP contribution in [0.1, 0.15) is 45.5 Å². The fourth-order valence-corrected chi connectivity index (χ4v) is 3.53. The Balaban J connectivity index is 2.24. The van der Waals surface area contributed by atoms with Gasteiger partial charge in [-0.1, -0.05) is 20.8 Å². The molecule has 0 amide bonds. The molecule has 1 aliphatic rings. The maximum Gasteiger partial charge on any atom is 0.0739 e. The van der Waals surface area contributed by atoms with Crippen molar-refractivity contribution in [2.45, 2.75) is 59.2 Å². The zero-order chi connectivity index (χ0) is 15.8. The van der Waals surface area contributed by atoms with Crippen molar-refractivity contribution in [1.29, 1.82) is 0 Å². The molecule has 0 spiro atoms. The Kier molecular flexibility index (Phi) is 5.16. The SMILES string of the molecule is CCC1(C)CNC(C(C)C)CN1Cc1c(Br)c(C)nn1C. The van der Waals surface area contributed by atoms with E-state index in [1.54, 1.807) is 0 Å². The fraction of sp³-hybridized carbons (Fsp3) is 0.812. The number of rotatable bonds is 4. The Morgan fingerprint density at radius 1 is 1.48 bits per heavy atom. The highest BCUT2D eigenvalue weighted by atomic mass is 79.9. The molecule has 21 heavy (non-hydrogen) atoms. The van der Waals surface area contributed by atoms with E-state index < -0.39 is 0 Å². The van der Waals surface area contributed by atoms with Gasteiger partial charge in [0.2, 0.25) is 0 Å². The quantitative estimate of drug-likeness (QED) is 0.899. The fourth-order valence-electron chi connectivity index (χ4n) is 3.07. The monoisotopic (exact) mass is 356 g/mol. The second kappa shape index (κ2) is 6.39. The Morgan fingerprint density at radius 3 is 2.62 bits per heavy atom. The smallest absolute Gasteiger partial charge is 0.0739 e. The lowest BCUT2D eigenvalue weighted by Crippen LogP contribution is -2.63. The summed E-state index contributed by atoms with van der Waals surface area (Å²) in [5, 5.41) is 8.27. The van der Waals surface area contributed by atoms with E-state index >= 15 is 0 Å². The highest BCUT2D eigenvalue weighted by molar-refractivity contribution is 9.10. The van der Waals surface area contributed by atoms with Crippen molar-refractivity contribution >= 4 is 15.9 Å². The van der Waals surface area contributed by atoms with Gasteiger partial charge in [0.25, 0.3) is 0 Å². The third kappa shape index (κ3) is 3.35. The summed E-state index contributed by atoms with van der Waals surface area (Å²) >= 11 is 3.71. The van der Waals surface area contributed by atoms with Gasteiger partial charge in [0.05, 0.1) is 15.9 Å². The Hall–Kier alpha value is -0.390. The van der Waals surface area contributed by atoms with Crippen molar-refractivity contribution in [3.05, 3.63) is 15.9 Å². The summed E-state index contributed by atoms with van der Waals surface area (Å²) in [6.45, 7) is 14.4. The molecule has 2 rings (SSSR count). The standard InChI is InChI=1S/C16H29BrN4/c1-7-16(5)10-18-13(11(2)3)8-21(16)9-14-15(17)12(4)19-20(14)6/h11,13,18H,7-10H2,1-6H3. The first-order valence-electron chi connectivity index (χ1n) is 7.95. The van der Waals surface area contributed by atoms with E-state index in [0.29, 0.717) is 12.0 Å². The largest absolute Gasteiger partial charge is 0.311 e. The summed E-state index contributed by atoms with van der Waals surface area (Å²) in [6, 6.07) is 0.567. The summed E-state index contributed by atoms with van der Waals surface area (Å²) in [6.07, 6.45) is 1.15. The van der Waals surface area contributed by atoms with E-state index in [1.807, 2.05) is 11.7 Å². The Morgan fingerprint density at radius 2 is 2.14 bits per heavy atom. The minimum Gasteiger partial charge on any atom is -0.311 e. The van der Waals surface area contributed by atoms with Crippen molar-refractivity contribution in [3.63, 3.8) is 0 Å². The van der Waals surface area contributed by atoms with Gasteiger partial charge in [-0.05, 0) is 42.1 Å². The van der Waals surface area contributed by atoms with E-state index in [4.69, 9.17) is 0 Å². The van der Waals surface area contributed by atoms with E-state index in [2.05, 4.69) is 65.9 Å². The number of halogens is 1. The highest BCUT2D eigenvalue weighted by Crippen LogP contribution is 2.29. The predicted molar refractivity (Wildman–Crippen MR) is 91.4 cm³/mol. The topological polar surface area (TPSA) is 33.1 Å². The molecule has 0 saturated carbocycles. The minimum absolute atomic E-state index is 0.211. The molecule has 1 saturated heterocycles. The molecule has 1 aromatic heterocycles. The molecule has 2 unspecified atom stereocenters. The maximum atomic E-state index is 4.53. The van der Waals surface area contributed by atoms with Crippen LogP contribution in [-0.2, 0) is 13.6 Å². The van der Waals surface area contributed by atoms with Crippen LogP contribution in [0.25, 0.3) is 0 Å². The normalized spacial score (nSPS) is 27.5. The molecular weight excluding hydrogens is 328 g/mol. The van der Waals surface area contributed by atoms with Gasteiger partial charge >= 0.3 is 0 Å². The first-order chi connectivity index (χ1) is 9.78. The van der Waals surface area contributed by atoms with Crippen molar-refractivity contribution < 1.29 is 0 Å². The highest BCUT2D eigenvalue weighted by Gasteiger charge is 2.37. The summed E-state index contributed by atoms with van der Waals surface area (Å²) in [7, 11) is 2.04. The zero-order valence-electron chi connectivity index (χ0n) is 14.2. The number of hydrogen-bond acceptors (Lipinski definition) is 3. The Bertz CT molecular complexity index is 497. The van der Waals surface area contributed by atoms with Crippen molar-refractivity contribution in [2.75, 3.05) is 13.1 Å². The molecule has 1 N–H and O–H groups in total. The lowest BCUT2D eigenvalue weighted by molar-refractivity contribution is 0.0296. The summed E-state index contributed by atoms with van der Waals surface area (Å²) < 4.78 is 3.17. The van der Waals surface area contributed by atoms with Gasteiger partial charge < -0.3 is 5.32 Å². The molecule has 1 fully saturated rings. The second-order valence-corrected chi connectivity index (χ2v) is 7.73. The van der Waals surface area contributed by atoms with Crippen molar-refractivity contribution in [3.8, 4) is 0 Å². The van der Waals surface area contributed by atoms with Crippen molar-refractivity contribution in [2.24, 2.45) is 13.0 Å². The van der Waals surface area contributed by atoms with E-state index in [9.17, 15) is 0 Å². The molecule has 0 bridgehead atoms. The average molecular weight is 357 g/mol. The molecule has 4 nitrogen and oxygen atoms in total. The molecule has 5 heteroatoms. The lowest BCUT2D eigenvalue weighted by Gasteiger charge is -2.49. The zero-order valence-corrected chi connectivity index (χ0v) is 15.8. The van der Waals surface area contributed by atoms with Crippen LogP contribution >= 0.6 is 15.9 Å². The second-order valence-electron chi connectivity index (χ2n) is 6.93. The minimum atomic E-state index is 0.211. The van der Waals surface area contributed by atoms with Crippen LogP contribution in [0.4, 0.5) is 0 Å². The van der Waals surface area contributed by atoms with Gasteiger partial charge in [-0.15, -0.1) is 0 Å². The van der Waals surface area contributed by atoms with Gasteiger partial charge in [-0.25, -0.2) is 0 Å². The van der Waals surface area contributed by atoms with Crippen molar-refractivity contribution in [1.82, 2.24) is 20.0 Å². The molecule has 2 heterocycles. The number of piperazine rings is 1. The van der Waals surface area contributed by atoms with E-state index in [1.165, 1.54) is 5.69 Å². The third-order valence-electron chi connectivity index (χ3n) is 5.09. The number of nitrogens with one attached hydrogen (secondary N) is 1. The van der Waals surface area contributed by atoms with E-state index in [-0.39, 0.29) is 5.54 Å². The van der Waals surface area contributed by atoms with Crippen LogP contribution in [0.5, 0.6) is 0 Å². The molecule has 1 aromatic rings. The first kappa shape index (κ1) is 17.0. The summed E-state index contributed by atoms with van der Waals surface area (Å²) in [5.74, 6) is 0.658. The van der Waals surface area contributed by atoms with Crippen LogP contribution < -0.4 is 5.32 Å². The summed E-state index contributed by atoms with van der Waals surface area (Å²) in [5.41, 5.74) is 2.56. The molecular formula is C16H29BrN4. The van der Waals surface area contributed by atoms with Gasteiger partial charge in [0.15, 0.2) is 0 Å². The van der Waals surface area contributed by atoms with Crippen LogP contribution in [0, 0.1) is 12.8 Å². The number of nitrogens with zero attached hydrogens (tertiary/aromatic N) is 3. The van der Waals surface area contributed by atoms with Gasteiger partial charge in [0.1, 0.15) is 0 Å². The average Bonchev–Trinajstić information content (AvgIpc) is 2.67. The Labute approximate surface area is 137 Å². The number of aryl methyl sites for hydroxylation is 2. The van der Waals surface area contributed by atoms with Gasteiger partial charge in [-0.2, -0.15) is 5.10 Å². The van der Waals surface area contributed by atoms with Crippen LogP contribution in [0.2, 0.25) is 0 Å². The number of aromatic nitrogens is 2. The lowest BCUT2D eigenvalue weighted by atomic mass is 9.89. The number of hydrogen-bond donors (Lipinski definition) is 1. The van der Waals surface area contributed by atoms with Crippen LogP contribution in [0.15, 0.2) is 4.47 Å². The predicted octanol–water partition coefficient (Wildman–Crippen LogP) is 3.09. The van der Waals surface area contributed by atoms with E-state index in [0.717, 1.165) is 36.2 Å².